The largest absolute Gasteiger partial charge is 0.353 e. The molecule has 2 saturated heterocycles. The van der Waals surface area contributed by atoms with Crippen molar-refractivity contribution in [1.29, 1.82) is 0 Å². The molecule has 34 heavy (non-hydrogen) atoms. The lowest BCUT2D eigenvalue weighted by Crippen LogP contribution is -2.57. The maximum absolute atomic E-state index is 12.0. The van der Waals surface area contributed by atoms with Crippen LogP contribution in [0, 0.1) is 5.92 Å². The van der Waals surface area contributed by atoms with E-state index in [4.69, 9.17) is 23.2 Å². The normalized spacial score (nSPS) is 22.7. The number of likely N-dealkylation sites (tertiary alicyclic amines) is 1. The highest BCUT2D eigenvalue weighted by molar-refractivity contribution is 6.33. The van der Waals surface area contributed by atoms with Gasteiger partial charge in [-0.1, -0.05) is 35.3 Å². The molecule has 6 nitrogen and oxygen atoms in total. The average Bonchev–Trinajstić information content (AvgIpc) is 3.67. The second-order valence-electron chi connectivity index (χ2n) is 9.96. The highest BCUT2D eigenvalue weighted by Crippen LogP contribution is 2.32. The van der Waals surface area contributed by atoms with E-state index >= 15 is 0 Å². The topological polar surface area (TPSA) is 51.7 Å². The van der Waals surface area contributed by atoms with Crippen molar-refractivity contribution in [2.45, 2.75) is 51.2 Å². The molecule has 1 N–H and O–H groups in total. The molecule has 1 aromatic heterocycles. The standard InChI is InChI=1S/C26H33Cl2N5O/c1-18-16-32(25-24(28)14-22(15-29-25)30-26(34)20-4-5-20)12-13-33(18)23-8-10-31(11-9-23)17-19-2-6-21(27)7-3-19/h2-3,6-7,14-15,18,20,23H,4-5,8-13,16-17H2,1H3,(H,30,34)/t18-/m0/s1. The number of anilines is 2. The van der Waals surface area contributed by atoms with Crippen LogP contribution in [0.2, 0.25) is 10.0 Å². The van der Waals surface area contributed by atoms with Crippen molar-refractivity contribution >= 4 is 40.6 Å². The Morgan fingerprint density at radius 1 is 1.06 bits per heavy atom. The zero-order valence-corrected chi connectivity index (χ0v) is 21.2. The highest BCUT2D eigenvalue weighted by Gasteiger charge is 2.33. The van der Waals surface area contributed by atoms with E-state index in [2.05, 4.69) is 44.1 Å². The fourth-order valence-electron chi connectivity index (χ4n) is 5.29. The van der Waals surface area contributed by atoms with Gasteiger partial charge in [-0.25, -0.2) is 4.98 Å². The van der Waals surface area contributed by atoms with E-state index < -0.39 is 0 Å². The van der Waals surface area contributed by atoms with Gasteiger partial charge in [0.2, 0.25) is 5.91 Å². The molecule has 1 atom stereocenters. The Balaban J connectivity index is 1.12. The molecule has 0 radical (unpaired) electrons. The van der Waals surface area contributed by atoms with Crippen LogP contribution in [0.5, 0.6) is 0 Å². The van der Waals surface area contributed by atoms with Gasteiger partial charge in [0, 0.05) is 49.2 Å². The Kier molecular flexibility index (Phi) is 7.30. The molecule has 2 aliphatic heterocycles. The minimum atomic E-state index is 0.0760. The number of carbonyl (C=O) groups is 1. The number of pyridine rings is 1. The maximum atomic E-state index is 12.0. The first-order valence-electron chi connectivity index (χ1n) is 12.4. The molecule has 3 heterocycles. The number of aromatic nitrogens is 1. The van der Waals surface area contributed by atoms with Crippen molar-refractivity contribution < 1.29 is 4.79 Å². The van der Waals surface area contributed by atoms with Gasteiger partial charge in [-0.3, -0.25) is 14.6 Å². The van der Waals surface area contributed by atoms with Gasteiger partial charge >= 0.3 is 0 Å². The fraction of sp³-hybridized carbons (Fsp3) is 0.538. The molecule has 2 aromatic rings. The second-order valence-corrected chi connectivity index (χ2v) is 10.8. The quantitative estimate of drug-likeness (QED) is 0.609. The summed E-state index contributed by atoms with van der Waals surface area (Å²) in [6.07, 6.45) is 6.09. The number of piperidine rings is 1. The highest BCUT2D eigenvalue weighted by atomic mass is 35.5. The van der Waals surface area contributed by atoms with Crippen molar-refractivity contribution in [2.24, 2.45) is 5.92 Å². The number of carbonyl (C=O) groups excluding carboxylic acids is 1. The molecule has 1 aromatic carbocycles. The van der Waals surface area contributed by atoms with Crippen LogP contribution in [0.3, 0.4) is 0 Å². The molecule has 0 spiro atoms. The monoisotopic (exact) mass is 501 g/mol. The molecule has 8 heteroatoms. The van der Waals surface area contributed by atoms with Gasteiger partial charge in [-0.2, -0.15) is 0 Å². The van der Waals surface area contributed by atoms with Crippen LogP contribution in [0.25, 0.3) is 0 Å². The zero-order chi connectivity index (χ0) is 23.7. The van der Waals surface area contributed by atoms with Crippen LogP contribution in [0.4, 0.5) is 11.5 Å². The minimum absolute atomic E-state index is 0.0760. The van der Waals surface area contributed by atoms with Gasteiger partial charge in [0.25, 0.3) is 0 Å². The SMILES string of the molecule is C[C@H]1CN(c2ncc(NC(=O)C3CC3)cc2Cl)CCN1C1CCN(Cc2ccc(Cl)cc2)CC1. The summed E-state index contributed by atoms with van der Waals surface area (Å²) in [6.45, 7) is 8.39. The number of amides is 1. The Morgan fingerprint density at radius 2 is 1.79 bits per heavy atom. The van der Waals surface area contributed by atoms with Crippen molar-refractivity contribution in [1.82, 2.24) is 14.8 Å². The van der Waals surface area contributed by atoms with Crippen LogP contribution < -0.4 is 10.2 Å². The third-order valence-electron chi connectivity index (χ3n) is 7.36. The number of nitrogens with zero attached hydrogens (tertiary/aromatic N) is 4. The third kappa shape index (κ3) is 5.68. The summed E-state index contributed by atoms with van der Waals surface area (Å²) >= 11 is 12.6. The number of rotatable bonds is 6. The summed E-state index contributed by atoms with van der Waals surface area (Å²) < 4.78 is 0. The summed E-state index contributed by atoms with van der Waals surface area (Å²) in [6, 6.07) is 11.1. The zero-order valence-electron chi connectivity index (χ0n) is 19.7. The van der Waals surface area contributed by atoms with Crippen LogP contribution in [-0.4, -0.2) is 65.5 Å². The molecule has 1 saturated carbocycles. The summed E-state index contributed by atoms with van der Waals surface area (Å²) in [5.74, 6) is 1.05. The van der Waals surface area contributed by atoms with Gasteiger partial charge in [-0.05, 0) is 69.5 Å². The Hall–Kier alpha value is -1.86. The van der Waals surface area contributed by atoms with E-state index in [-0.39, 0.29) is 11.8 Å². The van der Waals surface area contributed by atoms with Gasteiger partial charge in [-0.15, -0.1) is 0 Å². The molecule has 5 rings (SSSR count). The first-order chi connectivity index (χ1) is 16.5. The summed E-state index contributed by atoms with van der Waals surface area (Å²) in [4.78, 5) is 24.1. The lowest BCUT2D eigenvalue weighted by molar-refractivity contribution is -0.117. The molecule has 1 amide bonds. The second kappa shape index (κ2) is 10.4. The van der Waals surface area contributed by atoms with E-state index in [1.165, 1.54) is 18.4 Å². The Labute approximate surface area is 212 Å². The van der Waals surface area contributed by atoms with E-state index in [0.717, 1.165) is 63.0 Å². The van der Waals surface area contributed by atoms with Crippen molar-refractivity contribution in [2.75, 3.05) is 42.9 Å². The van der Waals surface area contributed by atoms with E-state index in [1.807, 2.05) is 18.2 Å². The van der Waals surface area contributed by atoms with Gasteiger partial charge < -0.3 is 10.2 Å². The van der Waals surface area contributed by atoms with Crippen molar-refractivity contribution in [3.8, 4) is 0 Å². The average molecular weight is 502 g/mol. The molecule has 0 unspecified atom stereocenters. The number of hydrogen-bond acceptors (Lipinski definition) is 5. The number of nitrogens with one attached hydrogen (secondary N) is 1. The van der Waals surface area contributed by atoms with Crippen LogP contribution in [0.15, 0.2) is 36.5 Å². The number of halogens is 2. The van der Waals surface area contributed by atoms with E-state index in [1.54, 1.807) is 6.20 Å². The van der Waals surface area contributed by atoms with E-state index in [0.29, 0.717) is 22.8 Å². The summed E-state index contributed by atoms with van der Waals surface area (Å²) in [7, 11) is 0. The lowest BCUT2D eigenvalue weighted by atomic mass is 9.99. The first kappa shape index (κ1) is 23.9. The minimum Gasteiger partial charge on any atom is -0.353 e. The number of hydrogen-bond donors (Lipinski definition) is 1. The fourth-order valence-corrected chi connectivity index (χ4v) is 5.70. The maximum Gasteiger partial charge on any atom is 0.227 e. The molecular formula is C26H33Cl2N5O. The molecular weight excluding hydrogens is 469 g/mol. The molecule has 0 bridgehead atoms. The van der Waals surface area contributed by atoms with Crippen molar-refractivity contribution in [3.63, 3.8) is 0 Å². The predicted molar refractivity (Wildman–Crippen MR) is 139 cm³/mol. The number of piperazine rings is 1. The molecule has 1 aliphatic carbocycles. The predicted octanol–water partition coefficient (Wildman–Crippen LogP) is 4.91. The lowest BCUT2D eigenvalue weighted by Gasteiger charge is -2.47. The Morgan fingerprint density at radius 3 is 2.44 bits per heavy atom. The van der Waals surface area contributed by atoms with E-state index in [9.17, 15) is 4.79 Å². The summed E-state index contributed by atoms with van der Waals surface area (Å²) in [5.41, 5.74) is 2.01. The summed E-state index contributed by atoms with van der Waals surface area (Å²) in [5, 5.41) is 4.33. The molecule has 182 valence electrons. The van der Waals surface area contributed by atoms with Crippen molar-refractivity contribution in [3.05, 3.63) is 52.1 Å². The smallest absolute Gasteiger partial charge is 0.227 e. The van der Waals surface area contributed by atoms with Crippen LogP contribution in [-0.2, 0) is 11.3 Å². The van der Waals surface area contributed by atoms with Gasteiger partial charge in [0.1, 0.15) is 5.82 Å². The van der Waals surface area contributed by atoms with Gasteiger partial charge in [0.05, 0.1) is 16.9 Å². The molecule has 3 fully saturated rings. The third-order valence-corrected chi connectivity index (χ3v) is 7.89. The van der Waals surface area contributed by atoms with Crippen LogP contribution >= 0.6 is 23.2 Å². The first-order valence-corrected chi connectivity index (χ1v) is 13.2. The Bertz CT molecular complexity index is 1000. The van der Waals surface area contributed by atoms with Gasteiger partial charge in [0.15, 0.2) is 0 Å². The molecule has 3 aliphatic rings. The number of benzene rings is 1. The van der Waals surface area contributed by atoms with Crippen LogP contribution in [0.1, 0.15) is 38.2 Å².